The van der Waals surface area contributed by atoms with Crippen LogP contribution in [0.25, 0.3) is 0 Å². The highest BCUT2D eigenvalue weighted by Crippen LogP contribution is 2.13. The number of esters is 1. The van der Waals surface area contributed by atoms with E-state index in [1.54, 1.807) is 0 Å². The third-order valence-electron chi connectivity index (χ3n) is 3.58. The van der Waals surface area contributed by atoms with E-state index in [9.17, 15) is 4.79 Å². The summed E-state index contributed by atoms with van der Waals surface area (Å²) in [6.45, 7) is 1.10. The van der Waals surface area contributed by atoms with E-state index in [-0.39, 0.29) is 12.1 Å². The van der Waals surface area contributed by atoms with Crippen molar-refractivity contribution >= 4 is 5.97 Å². The molecule has 1 aromatic carbocycles. The molecule has 0 aliphatic carbocycles. The molecule has 0 bridgehead atoms. The van der Waals surface area contributed by atoms with Gasteiger partial charge in [0.15, 0.2) is 0 Å². The van der Waals surface area contributed by atoms with Gasteiger partial charge in [0.1, 0.15) is 12.6 Å². The average molecular weight is 277 g/mol. The highest BCUT2D eigenvalue weighted by molar-refractivity contribution is 5.75. The van der Waals surface area contributed by atoms with Gasteiger partial charge in [0.05, 0.1) is 6.10 Å². The number of hydrogen-bond acceptors (Lipinski definition) is 4. The average Bonchev–Trinajstić information content (AvgIpc) is 2.52. The number of carbonyl (C=O) groups is 1. The second kappa shape index (κ2) is 8.02. The predicted molar refractivity (Wildman–Crippen MR) is 77.3 cm³/mol. The van der Waals surface area contributed by atoms with Crippen LogP contribution in [0.15, 0.2) is 30.3 Å². The van der Waals surface area contributed by atoms with Crippen LogP contribution < -0.4 is 5.73 Å². The van der Waals surface area contributed by atoms with Crippen LogP contribution in [0.4, 0.5) is 0 Å². The summed E-state index contributed by atoms with van der Waals surface area (Å²) in [5.74, 6) is -0.324. The van der Waals surface area contributed by atoms with E-state index in [1.165, 1.54) is 5.56 Å². The molecule has 1 fully saturated rings. The van der Waals surface area contributed by atoms with Crippen molar-refractivity contribution in [2.75, 3.05) is 13.2 Å². The molecule has 1 aliphatic heterocycles. The first-order valence-electron chi connectivity index (χ1n) is 7.33. The molecule has 1 saturated heterocycles. The van der Waals surface area contributed by atoms with Gasteiger partial charge in [-0.05, 0) is 37.7 Å². The maximum absolute atomic E-state index is 11.8. The van der Waals surface area contributed by atoms with Crippen molar-refractivity contribution in [3.63, 3.8) is 0 Å². The molecular weight excluding hydrogens is 254 g/mol. The van der Waals surface area contributed by atoms with Crippen LogP contribution in [0.1, 0.15) is 31.2 Å². The van der Waals surface area contributed by atoms with Gasteiger partial charge in [-0.3, -0.25) is 4.79 Å². The zero-order chi connectivity index (χ0) is 14.2. The van der Waals surface area contributed by atoms with Crippen LogP contribution in [0.3, 0.4) is 0 Å². The number of ether oxygens (including phenoxy) is 2. The molecule has 2 atom stereocenters. The monoisotopic (exact) mass is 277 g/mol. The molecule has 0 amide bonds. The fourth-order valence-electron chi connectivity index (χ4n) is 2.31. The minimum atomic E-state index is -0.557. The lowest BCUT2D eigenvalue weighted by Crippen LogP contribution is -2.35. The van der Waals surface area contributed by atoms with Gasteiger partial charge in [-0.1, -0.05) is 30.3 Å². The van der Waals surface area contributed by atoms with E-state index in [1.807, 2.05) is 30.3 Å². The highest BCUT2D eigenvalue weighted by Gasteiger charge is 2.19. The predicted octanol–water partition coefficient (Wildman–Crippen LogP) is 2.06. The van der Waals surface area contributed by atoms with Crippen LogP contribution in [-0.2, 0) is 20.7 Å². The third-order valence-corrected chi connectivity index (χ3v) is 3.58. The van der Waals surface area contributed by atoms with E-state index in [4.69, 9.17) is 15.2 Å². The van der Waals surface area contributed by atoms with Gasteiger partial charge < -0.3 is 15.2 Å². The summed E-state index contributed by atoms with van der Waals surface area (Å²) in [6.07, 6.45) is 4.65. The maximum Gasteiger partial charge on any atom is 0.323 e. The molecule has 0 spiro atoms. The van der Waals surface area contributed by atoms with Crippen LogP contribution >= 0.6 is 0 Å². The lowest BCUT2D eigenvalue weighted by atomic mass is 10.1. The third kappa shape index (κ3) is 4.94. The minimum Gasteiger partial charge on any atom is -0.462 e. The summed E-state index contributed by atoms with van der Waals surface area (Å²) >= 11 is 0. The first-order chi connectivity index (χ1) is 9.75. The summed E-state index contributed by atoms with van der Waals surface area (Å²) in [5, 5.41) is 0. The summed E-state index contributed by atoms with van der Waals surface area (Å²) in [7, 11) is 0. The molecule has 0 saturated carbocycles. The fraction of sp³-hybridized carbons (Fsp3) is 0.562. The summed E-state index contributed by atoms with van der Waals surface area (Å²) in [6, 6.07) is 9.46. The normalized spacial score (nSPS) is 20.4. The van der Waals surface area contributed by atoms with Gasteiger partial charge in [-0.25, -0.2) is 0 Å². The van der Waals surface area contributed by atoms with Crippen molar-refractivity contribution in [1.82, 2.24) is 0 Å². The molecule has 2 N–H and O–H groups in total. The SMILES string of the molecule is NC(CCc1ccccc1)C(=O)OCC1CCCCO1. The van der Waals surface area contributed by atoms with Crippen molar-refractivity contribution in [3.8, 4) is 0 Å². The first kappa shape index (κ1) is 15.0. The van der Waals surface area contributed by atoms with E-state index in [0.29, 0.717) is 13.0 Å². The van der Waals surface area contributed by atoms with Crippen molar-refractivity contribution in [1.29, 1.82) is 0 Å². The largest absolute Gasteiger partial charge is 0.462 e. The van der Waals surface area contributed by atoms with Crippen LogP contribution in [0, 0.1) is 0 Å². The number of nitrogens with two attached hydrogens (primary N) is 1. The van der Waals surface area contributed by atoms with Gasteiger partial charge in [-0.2, -0.15) is 0 Å². The molecular formula is C16H23NO3. The number of carbonyl (C=O) groups excluding carboxylic acids is 1. The van der Waals surface area contributed by atoms with Crippen molar-refractivity contribution < 1.29 is 14.3 Å². The van der Waals surface area contributed by atoms with Crippen molar-refractivity contribution in [2.45, 2.75) is 44.2 Å². The highest BCUT2D eigenvalue weighted by atomic mass is 16.6. The standard InChI is InChI=1S/C16H23NO3/c17-15(10-9-13-6-2-1-3-7-13)16(18)20-12-14-8-4-5-11-19-14/h1-3,6-7,14-15H,4-5,8-12,17H2. The number of aryl methyl sites for hydroxylation is 1. The van der Waals surface area contributed by atoms with E-state index < -0.39 is 6.04 Å². The zero-order valence-electron chi connectivity index (χ0n) is 11.8. The molecule has 20 heavy (non-hydrogen) atoms. The van der Waals surface area contributed by atoms with Crippen molar-refractivity contribution in [3.05, 3.63) is 35.9 Å². The van der Waals surface area contributed by atoms with E-state index in [2.05, 4.69) is 0 Å². The molecule has 2 rings (SSSR count). The zero-order valence-corrected chi connectivity index (χ0v) is 11.8. The van der Waals surface area contributed by atoms with Crippen LogP contribution in [0.5, 0.6) is 0 Å². The molecule has 4 nitrogen and oxygen atoms in total. The quantitative estimate of drug-likeness (QED) is 0.808. The Kier molecular flexibility index (Phi) is 6.02. The Morgan fingerprint density at radius 2 is 2.15 bits per heavy atom. The van der Waals surface area contributed by atoms with Gasteiger partial charge in [0.2, 0.25) is 0 Å². The molecule has 1 aliphatic rings. The summed E-state index contributed by atoms with van der Waals surface area (Å²) in [4.78, 5) is 11.8. The minimum absolute atomic E-state index is 0.0500. The fourth-order valence-corrected chi connectivity index (χ4v) is 2.31. The smallest absolute Gasteiger partial charge is 0.323 e. The van der Waals surface area contributed by atoms with Crippen LogP contribution in [0.2, 0.25) is 0 Å². The number of benzene rings is 1. The molecule has 2 unspecified atom stereocenters. The lowest BCUT2D eigenvalue weighted by molar-refractivity contribution is -0.150. The number of hydrogen-bond donors (Lipinski definition) is 1. The topological polar surface area (TPSA) is 61.6 Å². The molecule has 1 heterocycles. The van der Waals surface area contributed by atoms with E-state index in [0.717, 1.165) is 32.3 Å². The molecule has 0 aromatic heterocycles. The van der Waals surface area contributed by atoms with Gasteiger partial charge in [0, 0.05) is 6.61 Å². The van der Waals surface area contributed by atoms with Gasteiger partial charge >= 0.3 is 5.97 Å². The van der Waals surface area contributed by atoms with Gasteiger partial charge in [-0.15, -0.1) is 0 Å². The Bertz CT molecular complexity index is 401. The maximum atomic E-state index is 11.8. The van der Waals surface area contributed by atoms with Crippen LogP contribution in [-0.4, -0.2) is 31.3 Å². The second-order valence-electron chi connectivity index (χ2n) is 5.25. The Balaban J connectivity index is 1.66. The Hall–Kier alpha value is -1.39. The Morgan fingerprint density at radius 1 is 1.35 bits per heavy atom. The Labute approximate surface area is 120 Å². The molecule has 4 heteroatoms. The number of rotatable bonds is 6. The molecule has 0 radical (unpaired) electrons. The van der Waals surface area contributed by atoms with Gasteiger partial charge in [0.25, 0.3) is 0 Å². The summed E-state index contributed by atoms with van der Waals surface area (Å²) in [5.41, 5.74) is 7.05. The lowest BCUT2D eigenvalue weighted by Gasteiger charge is -2.22. The second-order valence-corrected chi connectivity index (χ2v) is 5.25. The molecule has 1 aromatic rings. The van der Waals surface area contributed by atoms with Crippen molar-refractivity contribution in [2.24, 2.45) is 5.73 Å². The van der Waals surface area contributed by atoms with E-state index >= 15 is 0 Å². The molecule has 110 valence electrons. The first-order valence-corrected chi connectivity index (χ1v) is 7.33. The Morgan fingerprint density at radius 3 is 2.85 bits per heavy atom. The summed E-state index contributed by atoms with van der Waals surface area (Å²) < 4.78 is 10.8.